The molecule has 0 bridgehead atoms. The molecule has 0 spiro atoms. The molecule has 0 aromatic heterocycles. The van der Waals surface area contributed by atoms with Gasteiger partial charge < -0.3 is 10.2 Å². The minimum absolute atomic E-state index is 0.0515. The molecule has 0 saturated carbocycles. The van der Waals surface area contributed by atoms with E-state index in [9.17, 15) is 10.2 Å². The van der Waals surface area contributed by atoms with Crippen LogP contribution >= 0.6 is 0 Å². The Bertz CT molecular complexity index is 149. The van der Waals surface area contributed by atoms with Crippen molar-refractivity contribution in [2.45, 2.75) is 53.1 Å². The van der Waals surface area contributed by atoms with E-state index in [1.165, 1.54) is 0 Å². The van der Waals surface area contributed by atoms with Crippen LogP contribution in [0.5, 0.6) is 0 Å². The summed E-state index contributed by atoms with van der Waals surface area (Å²) in [6.45, 7) is 11.5. The Morgan fingerprint density at radius 1 is 1.00 bits per heavy atom. The van der Waals surface area contributed by atoms with Crippen LogP contribution in [0.15, 0.2) is 0 Å². The quantitative estimate of drug-likeness (QED) is 0.679. The van der Waals surface area contributed by atoms with Crippen molar-refractivity contribution in [3.05, 3.63) is 0 Å². The first-order valence-corrected chi connectivity index (χ1v) is 5.90. The molecule has 0 saturated heterocycles. The van der Waals surface area contributed by atoms with Crippen LogP contribution < -0.4 is 0 Å². The molecule has 0 aromatic carbocycles. The molecular weight excluding hydrogens is 190 g/mol. The molecule has 0 aliphatic heterocycles. The highest BCUT2D eigenvalue weighted by Gasteiger charge is 2.31. The van der Waals surface area contributed by atoms with Crippen LogP contribution in [-0.2, 0) is 0 Å². The van der Waals surface area contributed by atoms with Crippen molar-refractivity contribution < 1.29 is 10.2 Å². The van der Waals surface area contributed by atoms with Crippen LogP contribution in [0.3, 0.4) is 0 Å². The molecule has 0 aromatic rings. The van der Waals surface area contributed by atoms with E-state index in [2.05, 4.69) is 32.6 Å². The normalized spacial score (nSPS) is 13.2. The number of aliphatic hydroxyl groups excluding tert-OH is 2. The topological polar surface area (TPSA) is 43.7 Å². The molecular formula is C12H27NO2. The Hall–Kier alpha value is -0.120. The summed E-state index contributed by atoms with van der Waals surface area (Å²) < 4.78 is 0. The minimum Gasteiger partial charge on any atom is -0.396 e. The van der Waals surface area contributed by atoms with Gasteiger partial charge >= 0.3 is 0 Å². The molecule has 0 unspecified atom stereocenters. The lowest BCUT2D eigenvalue weighted by molar-refractivity contribution is 0.000322. The van der Waals surface area contributed by atoms with E-state index in [1.54, 1.807) is 0 Å². The summed E-state index contributed by atoms with van der Waals surface area (Å²) in [5.74, 6) is 0. The van der Waals surface area contributed by atoms with Crippen LogP contribution in [0.2, 0.25) is 0 Å². The molecule has 0 fully saturated rings. The van der Waals surface area contributed by atoms with Crippen molar-refractivity contribution in [2.75, 3.05) is 19.8 Å². The first-order valence-electron chi connectivity index (χ1n) is 5.90. The number of rotatable bonds is 7. The van der Waals surface area contributed by atoms with Crippen LogP contribution in [0.25, 0.3) is 0 Å². The van der Waals surface area contributed by atoms with Crippen LogP contribution in [0.4, 0.5) is 0 Å². The summed E-state index contributed by atoms with van der Waals surface area (Å²) in [6.07, 6.45) is 0.802. The average molecular weight is 217 g/mol. The van der Waals surface area contributed by atoms with Gasteiger partial charge in [0.2, 0.25) is 0 Å². The summed E-state index contributed by atoms with van der Waals surface area (Å²) in [5.41, 5.74) is -0.353. The van der Waals surface area contributed by atoms with Crippen LogP contribution in [0.1, 0.15) is 41.0 Å². The highest BCUT2D eigenvalue weighted by atomic mass is 16.3. The van der Waals surface area contributed by atoms with Gasteiger partial charge in [-0.25, -0.2) is 0 Å². The van der Waals surface area contributed by atoms with Crippen molar-refractivity contribution in [3.63, 3.8) is 0 Å². The molecule has 0 atom stereocenters. The lowest BCUT2D eigenvalue weighted by atomic mass is 9.85. The third kappa shape index (κ3) is 4.09. The fourth-order valence-corrected chi connectivity index (χ4v) is 1.83. The van der Waals surface area contributed by atoms with E-state index < -0.39 is 0 Å². The molecule has 92 valence electrons. The van der Waals surface area contributed by atoms with Gasteiger partial charge in [-0.15, -0.1) is 0 Å². The van der Waals surface area contributed by atoms with Crippen molar-refractivity contribution in [1.82, 2.24) is 4.90 Å². The Morgan fingerprint density at radius 2 is 1.40 bits per heavy atom. The third-order valence-electron chi connectivity index (χ3n) is 3.27. The Morgan fingerprint density at radius 3 is 1.60 bits per heavy atom. The van der Waals surface area contributed by atoms with E-state index in [0.29, 0.717) is 12.1 Å². The molecule has 2 N–H and O–H groups in total. The molecule has 3 heteroatoms. The van der Waals surface area contributed by atoms with E-state index in [-0.39, 0.29) is 18.6 Å². The maximum atomic E-state index is 9.40. The first kappa shape index (κ1) is 14.9. The van der Waals surface area contributed by atoms with Gasteiger partial charge in [-0.3, -0.25) is 4.90 Å². The summed E-state index contributed by atoms with van der Waals surface area (Å²) >= 11 is 0. The van der Waals surface area contributed by atoms with Gasteiger partial charge in [0.1, 0.15) is 0 Å². The molecule has 3 nitrogen and oxygen atoms in total. The van der Waals surface area contributed by atoms with Crippen molar-refractivity contribution in [2.24, 2.45) is 5.41 Å². The molecule has 0 rings (SSSR count). The smallest absolute Gasteiger partial charge is 0.0521 e. The standard InChI is InChI=1S/C12H27NO2/c1-6-12(8-14,9-15)7-13(10(2)3)11(4)5/h10-11,14-15H,6-9H2,1-5H3. The van der Waals surface area contributed by atoms with Gasteiger partial charge in [-0.2, -0.15) is 0 Å². The highest BCUT2D eigenvalue weighted by molar-refractivity contribution is 4.83. The largest absolute Gasteiger partial charge is 0.396 e. The summed E-state index contributed by atoms with van der Waals surface area (Å²) in [5, 5.41) is 18.8. The zero-order valence-electron chi connectivity index (χ0n) is 10.8. The predicted molar refractivity (Wildman–Crippen MR) is 63.9 cm³/mol. The third-order valence-corrected chi connectivity index (χ3v) is 3.27. The van der Waals surface area contributed by atoms with Gasteiger partial charge in [-0.05, 0) is 34.1 Å². The molecule has 0 aliphatic rings. The minimum atomic E-state index is -0.353. The molecule has 0 aliphatic carbocycles. The van der Waals surface area contributed by atoms with E-state index in [4.69, 9.17) is 0 Å². The molecule has 0 amide bonds. The fraction of sp³-hybridized carbons (Fsp3) is 1.00. The van der Waals surface area contributed by atoms with Gasteiger partial charge in [-0.1, -0.05) is 6.92 Å². The monoisotopic (exact) mass is 217 g/mol. The summed E-state index contributed by atoms with van der Waals surface area (Å²) in [4.78, 5) is 2.32. The Labute approximate surface area is 94.1 Å². The Kier molecular flexibility index (Phi) is 6.41. The number of nitrogens with zero attached hydrogens (tertiary/aromatic N) is 1. The second-order valence-electron chi connectivity index (χ2n) is 5.03. The van der Waals surface area contributed by atoms with Crippen molar-refractivity contribution in [3.8, 4) is 0 Å². The molecule has 0 heterocycles. The summed E-state index contributed by atoms with van der Waals surface area (Å²) in [6, 6.07) is 0.878. The van der Waals surface area contributed by atoms with E-state index in [1.807, 2.05) is 6.92 Å². The van der Waals surface area contributed by atoms with Gasteiger partial charge in [0.05, 0.1) is 13.2 Å². The van der Waals surface area contributed by atoms with E-state index in [0.717, 1.165) is 13.0 Å². The lowest BCUT2D eigenvalue weighted by Gasteiger charge is -2.39. The van der Waals surface area contributed by atoms with Crippen molar-refractivity contribution >= 4 is 0 Å². The molecule has 15 heavy (non-hydrogen) atoms. The van der Waals surface area contributed by atoms with Crippen molar-refractivity contribution in [1.29, 1.82) is 0 Å². The number of hydrogen-bond acceptors (Lipinski definition) is 3. The lowest BCUT2D eigenvalue weighted by Crippen LogP contribution is -2.48. The highest BCUT2D eigenvalue weighted by Crippen LogP contribution is 2.24. The maximum absolute atomic E-state index is 9.40. The average Bonchev–Trinajstić information content (AvgIpc) is 2.20. The Balaban J connectivity index is 4.61. The second kappa shape index (κ2) is 6.46. The SMILES string of the molecule is CCC(CO)(CO)CN(C(C)C)C(C)C. The second-order valence-corrected chi connectivity index (χ2v) is 5.03. The zero-order chi connectivity index (χ0) is 12.1. The molecule has 0 radical (unpaired) electrons. The predicted octanol–water partition coefficient (Wildman–Crippen LogP) is 1.49. The zero-order valence-corrected chi connectivity index (χ0v) is 10.8. The van der Waals surface area contributed by atoms with Gasteiger partial charge in [0.25, 0.3) is 0 Å². The summed E-state index contributed by atoms with van der Waals surface area (Å²) in [7, 11) is 0. The van der Waals surface area contributed by atoms with Gasteiger partial charge in [0.15, 0.2) is 0 Å². The van der Waals surface area contributed by atoms with E-state index >= 15 is 0 Å². The number of aliphatic hydroxyl groups is 2. The fourth-order valence-electron chi connectivity index (χ4n) is 1.83. The van der Waals surface area contributed by atoms with Crippen LogP contribution in [0, 0.1) is 5.41 Å². The van der Waals surface area contributed by atoms with Gasteiger partial charge in [0, 0.05) is 24.0 Å². The van der Waals surface area contributed by atoms with Crippen LogP contribution in [-0.4, -0.2) is 47.0 Å². The number of hydrogen-bond donors (Lipinski definition) is 2. The first-order chi connectivity index (χ1) is 6.92. The maximum Gasteiger partial charge on any atom is 0.0521 e.